The van der Waals surface area contributed by atoms with Crippen molar-refractivity contribution in [2.45, 2.75) is 6.92 Å². The molecular formula is C14H15ClN2O. The second-order valence-corrected chi connectivity index (χ2v) is 4.50. The van der Waals surface area contributed by atoms with Gasteiger partial charge in [-0.1, -0.05) is 17.7 Å². The molecule has 0 spiro atoms. The van der Waals surface area contributed by atoms with Crippen LogP contribution in [0.15, 0.2) is 36.4 Å². The number of halogens is 1. The number of nitrogen functional groups attached to an aromatic ring is 1. The summed E-state index contributed by atoms with van der Waals surface area (Å²) in [7, 11) is 1.62. The first-order valence-corrected chi connectivity index (χ1v) is 5.94. The fourth-order valence-electron chi connectivity index (χ4n) is 1.72. The van der Waals surface area contributed by atoms with E-state index in [1.165, 1.54) is 0 Å². The van der Waals surface area contributed by atoms with Crippen LogP contribution in [0.3, 0.4) is 0 Å². The zero-order valence-electron chi connectivity index (χ0n) is 10.3. The topological polar surface area (TPSA) is 47.3 Å². The Balaban J connectivity index is 2.36. The highest BCUT2D eigenvalue weighted by Gasteiger charge is 2.06. The minimum absolute atomic E-state index is 0.643. The predicted molar refractivity (Wildman–Crippen MR) is 76.9 cm³/mol. The number of aryl methyl sites for hydroxylation is 1. The molecule has 4 heteroatoms. The molecular weight excluding hydrogens is 248 g/mol. The highest BCUT2D eigenvalue weighted by atomic mass is 35.5. The van der Waals surface area contributed by atoms with Gasteiger partial charge in [0.2, 0.25) is 0 Å². The Kier molecular flexibility index (Phi) is 3.63. The molecule has 3 nitrogen and oxygen atoms in total. The summed E-state index contributed by atoms with van der Waals surface area (Å²) in [5.74, 6) is 0.722. The van der Waals surface area contributed by atoms with Gasteiger partial charge >= 0.3 is 0 Å². The Hall–Kier alpha value is -1.87. The lowest BCUT2D eigenvalue weighted by Gasteiger charge is -2.13. The van der Waals surface area contributed by atoms with E-state index in [4.69, 9.17) is 22.1 Å². The molecule has 0 fully saturated rings. The van der Waals surface area contributed by atoms with Gasteiger partial charge in [-0.25, -0.2) is 0 Å². The van der Waals surface area contributed by atoms with E-state index >= 15 is 0 Å². The molecule has 3 N–H and O–H groups in total. The van der Waals surface area contributed by atoms with Crippen LogP contribution in [0, 0.1) is 6.92 Å². The molecule has 0 heterocycles. The van der Waals surface area contributed by atoms with Crippen molar-refractivity contribution in [3.63, 3.8) is 0 Å². The van der Waals surface area contributed by atoms with Crippen molar-refractivity contribution < 1.29 is 4.74 Å². The SMILES string of the molecule is COc1ccc(Cl)cc1Nc1ccc(C)cc1N. The smallest absolute Gasteiger partial charge is 0.142 e. The van der Waals surface area contributed by atoms with Crippen LogP contribution >= 0.6 is 11.6 Å². The van der Waals surface area contributed by atoms with E-state index in [2.05, 4.69) is 5.32 Å². The molecule has 0 saturated heterocycles. The highest BCUT2D eigenvalue weighted by molar-refractivity contribution is 6.31. The van der Waals surface area contributed by atoms with Crippen molar-refractivity contribution in [2.24, 2.45) is 0 Å². The molecule has 0 aliphatic heterocycles. The van der Waals surface area contributed by atoms with Crippen LogP contribution < -0.4 is 15.8 Å². The van der Waals surface area contributed by atoms with E-state index in [0.29, 0.717) is 10.7 Å². The van der Waals surface area contributed by atoms with Gasteiger partial charge in [-0.3, -0.25) is 0 Å². The number of nitrogens with two attached hydrogens (primary N) is 1. The van der Waals surface area contributed by atoms with Crippen LogP contribution in [0.25, 0.3) is 0 Å². The van der Waals surface area contributed by atoms with Crippen LogP contribution in [-0.2, 0) is 0 Å². The van der Waals surface area contributed by atoms with Crippen LogP contribution in [0.4, 0.5) is 17.1 Å². The Morgan fingerprint density at radius 3 is 2.56 bits per heavy atom. The standard InChI is InChI=1S/C14H15ClN2O/c1-9-3-5-12(11(16)7-9)17-13-8-10(15)4-6-14(13)18-2/h3-8,17H,16H2,1-2H3. The molecule has 0 bridgehead atoms. The zero-order valence-corrected chi connectivity index (χ0v) is 11.1. The normalized spacial score (nSPS) is 10.2. The molecule has 0 radical (unpaired) electrons. The highest BCUT2D eigenvalue weighted by Crippen LogP contribution is 2.32. The van der Waals surface area contributed by atoms with Crippen molar-refractivity contribution in [3.05, 3.63) is 47.0 Å². The first-order chi connectivity index (χ1) is 8.60. The van der Waals surface area contributed by atoms with Gasteiger partial charge in [0.25, 0.3) is 0 Å². The number of nitrogens with one attached hydrogen (secondary N) is 1. The van der Waals surface area contributed by atoms with Gasteiger partial charge in [-0.2, -0.15) is 0 Å². The molecule has 2 rings (SSSR count). The van der Waals surface area contributed by atoms with Gasteiger partial charge in [0.05, 0.1) is 24.2 Å². The van der Waals surface area contributed by atoms with Gasteiger partial charge in [-0.15, -0.1) is 0 Å². The summed E-state index contributed by atoms with van der Waals surface area (Å²) in [6, 6.07) is 11.2. The molecule has 18 heavy (non-hydrogen) atoms. The van der Waals surface area contributed by atoms with Crippen LogP contribution in [0.5, 0.6) is 5.75 Å². The average molecular weight is 263 g/mol. The minimum atomic E-state index is 0.643. The summed E-state index contributed by atoms with van der Waals surface area (Å²) in [5.41, 5.74) is 9.40. The summed E-state index contributed by atoms with van der Waals surface area (Å²) in [5, 5.41) is 3.87. The van der Waals surface area contributed by atoms with Gasteiger partial charge in [-0.05, 0) is 42.8 Å². The maximum atomic E-state index is 5.98. The third kappa shape index (κ3) is 2.68. The number of benzene rings is 2. The third-order valence-corrected chi connectivity index (χ3v) is 2.87. The molecule has 0 saturated carbocycles. The lowest BCUT2D eigenvalue weighted by atomic mass is 10.2. The molecule has 0 amide bonds. The second-order valence-electron chi connectivity index (χ2n) is 4.06. The van der Waals surface area contributed by atoms with Crippen molar-refractivity contribution >= 4 is 28.7 Å². The Labute approximate surface area is 112 Å². The van der Waals surface area contributed by atoms with Crippen LogP contribution in [0.2, 0.25) is 5.02 Å². The number of hydrogen-bond acceptors (Lipinski definition) is 3. The molecule has 2 aromatic carbocycles. The van der Waals surface area contributed by atoms with E-state index in [9.17, 15) is 0 Å². The predicted octanol–water partition coefficient (Wildman–Crippen LogP) is 3.98. The Bertz CT molecular complexity index is 570. The summed E-state index contributed by atoms with van der Waals surface area (Å²) in [6.07, 6.45) is 0. The van der Waals surface area contributed by atoms with E-state index in [1.807, 2.05) is 31.2 Å². The van der Waals surface area contributed by atoms with E-state index < -0.39 is 0 Å². The van der Waals surface area contributed by atoms with E-state index in [1.54, 1.807) is 19.2 Å². The second kappa shape index (κ2) is 5.19. The molecule has 0 aromatic heterocycles. The number of ether oxygens (including phenoxy) is 1. The number of rotatable bonds is 3. The summed E-state index contributed by atoms with van der Waals surface area (Å²) >= 11 is 5.98. The third-order valence-electron chi connectivity index (χ3n) is 2.64. The maximum absolute atomic E-state index is 5.98. The van der Waals surface area contributed by atoms with Gasteiger partial charge in [0.15, 0.2) is 0 Å². The van der Waals surface area contributed by atoms with Crippen molar-refractivity contribution in [2.75, 3.05) is 18.2 Å². The zero-order chi connectivity index (χ0) is 13.1. The van der Waals surface area contributed by atoms with Crippen molar-refractivity contribution in [1.82, 2.24) is 0 Å². The van der Waals surface area contributed by atoms with Gasteiger partial charge in [0, 0.05) is 5.02 Å². The maximum Gasteiger partial charge on any atom is 0.142 e. The Morgan fingerprint density at radius 2 is 1.89 bits per heavy atom. The molecule has 0 aliphatic carbocycles. The molecule has 2 aromatic rings. The van der Waals surface area contributed by atoms with E-state index in [0.717, 1.165) is 22.7 Å². The number of hydrogen-bond donors (Lipinski definition) is 2. The van der Waals surface area contributed by atoms with Gasteiger partial charge in [0.1, 0.15) is 5.75 Å². The molecule has 94 valence electrons. The lowest BCUT2D eigenvalue weighted by Crippen LogP contribution is -1.98. The minimum Gasteiger partial charge on any atom is -0.495 e. The molecule has 0 unspecified atom stereocenters. The summed E-state index contributed by atoms with van der Waals surface area (Å²) in [4.78, 5) is 0. The first kappa shape index (κ1) is 12.6. The molecule has 0 aliphatic rings. The average Bonchev–Trinajstić information content (AvgIpc) is 2.33. The molecule has 0 atom stereocenters. The first-order valence-electron chi connectivity index (χ1n) is 5.57. The quantitative estimate of drug-likeness (QED) is 0.823. The number of anilines is 3. The fraction of sp³-hybridized carbons (Fsp3) is 0.143. The monoisotopic (exact) mass is 262 g/mol. The largest absolute Gasteiger partial charge is 0.495 e. The summed E-state index contributed by atoms with van der Waals surface area (Å²) in [6.45, 7) is 2.00. The fourth-order valence-corrected chi connectivity index (χ4v) is 1.89. The van der Waals surface area contributed by atoms with Crippen LogP contribution in [0.1, 0.15) is 5.56 Å². The van der Waals surface area contributed by atoms with Crippen molar-refractivity contribution in [3.8, 4) is 5.75 Å². The van der Waals surface area contributed by atoms with Crippen molar-refractivity contribution in [1.29, 1.82) is 0 Å². The van der Waals surface area contributed by atoms with E-state index in [-0.39, 0.29) is 0 Å². The Morgan fingerprint density at radius 1 is 1.11 bits per heavy atom. The number of methoxy groups -OCH3 is 1. The van der Waals surface area contributed by atoms with Gasteiger partial charge < -0.3 is 15.8 Å². The van der Waals surface area contributed by atoms with Crippen LogP contribution in [-0.4, -0.2) is 7.11 Å². The lowest BCUT2D eigenvalue weighted by molar-refractivity contribution is 0.417. The summed E-state index contributed by atoms with van der Waals surface area (Å²) < 4.78 is 5.27.